The Hall–Kier alpha value is -3.32. The van der Waals surface area contributed by atoms with Gasteiger partial charge in [0.15, 0.2) is 0 Å². The molecule has 3 rings (SSSR count). The number of rotatable bonds is 8. The summed E-state index contributed by atoms with van der Waals surface area (Å²) < 4.78 is 33.5. The summed E-state index contributed by atoms with van der Waals surface area (Å²) in [4.78, 5) is 12.0. The topological polar surface area (TPSA) is 84.5 Å². The molecule has 0 unspecified atom stereocenters. The first-order valence-corrected chi connectivity index (χ1v) is 10.6. The Morgan fingerprint density at radius 3 is 2.34 bits per heavy atom. The molecule has 0 radical (unpaired) electrons. The maximum atomic E-state index is 12.7. The van der Waals surface area contributed by atoms with E-state index in [-0.39, 0.29) is 10.8 Å². The van der Waals surface area contributed by atoms with Gasteiger partial charge in [0.2, 0.25) is 0 Å². The third-order valence-electron chi connectivity index (χ3n) is 4.10. The number of sulfonamides is 1. The fourth-order valence-corrected chi connectivity index (χ4v) is 3.75. The highest BCUT2D eigenvalue weighted by atomic mass is 32.2. The summed E-state index contributed by atoms with van der Waals surface area (Å²) in [5.74, 6) is 0.319. The number of hydrogen-bond donors (Lipinski definition) is 2. The molecule has 0 saturated heterocycles. The van der Waals surface area contributed by atoms with Crippen molar-refractivity contribution in [3.05, 3.63) is 90.0 Å². The Balaban J connectivity index is 1.67. The van der Waals surface area contributed by atoms with Gasteiger partial charge < -0.3 is 10.1 Å². The molecule has 2 N–H and O–H groups in total. The molecule has 1 amide bonds. The van der Waals surface area contributed by atoms with Crippen molar-refractivity contribution in [2.75, 3.05) is 11.3 Å². The fourth-order valence-electron chi connectivity index (χ4n) is 2.64. The van der Waals surface area contributed by atoms with E-state index in [1.807, 2.05) is 30.3 Å². The van der Waals surface area contributed by atoms with Crippen molar-refractivity contribution in [3.63, 3.8) is 0 Å². The van der Waals surface area contributed by atoms with Crippen LogP contribution in [0, 0.1) is 0 Å². The Labute approximate surface area is 170 Å². The second-order valence-electron chi connectivity index (χ2n) is 6.29. The second kappa shape index (κ2) is 9.25. The minimum atomic E-state index is -3.82. The number of anilines is 1. The van der Waals surface area contributed by atoms with Crippen molar-refractivity contribution in [1.82, 2.24) is 5.32 Å². The molecule has 0 aromatic heterocycles. The van der Waals surface area contributed by atoms with Gasteiger partial charge in [0.05, 0.1) is 4.90 Å². The van der Waals surface area contributed by atoms with Gasteiger partial charge in [-0.2, -0.15) is 0 Å². The Morgan fingerprint density at radius 1 is 0.931 bits per heavy atom. The van der Waals surface area contributed by atoms with Gasteiger partial charge in [0.1, 0.15) is 12.4 Å². The lowest BCUT2D eigenvalue weighted by Gasteiger charge is -2.11. The number of ether oxygens (including phenoxy) is 1. The zero-order chi connectivity index (χ0) is 20.7. The summed E-state index contributed by atoms with van der Waals surface area (Å²) in [5.41, 5.74) is 1.74. The molecule has 0 aliphatic heterocycles. The van der Waals surface area contributed by atoms with E-state index < -0.39 is 10.0 Å². The lowest BCUT2D eigenvalue weighted by molar-refractivity contribution is 0.0955. The van der Waals surface area contributed by atoms with Gasteiger partial charge in [-0.05, 0) is 55.0 Å². The van der Waals surface area contributed by atoms with Crippen LogP contribution in [0.3, 0.4) is 0 Å². The number of amides is 1. The van der Waals surface area contributed by atoms with Crippen molar-refractivity contribution in [1.29, 1.82) is 0 Å². The fraction of sp³-hybridized carbons (Fsp3) is 0.136. The first-order valence-electron chi connectivity index (χ1n) is 9.16. The quantitative estimate of drug-likeness (QED) is 0.591. The van der Waals surface area contributed by atoms with Crippen LogP contribution in [0.4, 0.5) is 5.69 Å². The molecule has 0 aliphatic rings. The van der Waals surface area contributed by atoms with Crippen LogP contribution in [0.5, 0.6) is 5.75 Å². The van der Waals surface area contributed by atoms with Crippen LogP contribution in [-0.2, 0) is 16.6 Å². The van der Waals surface area contributed by atoms with Crippen molar-refractivity contribution < 1.29 is 17.9 Å². The van der Waals surface area contributed by atoms with Crippen LogP contribution < -0.4 is 14.8 Å². The molecule has 0 heterocycles. The highest BCUT2D eigenvalue weighted by Crippen LogP contribution is 2.21. The van der Waals surface area contributed by atoms with Gasteiger partial charge in [0, 0.05) is 17.8 Å². The SMILES string of the molecule is CCNC(=O)c1cccc(S(=O)(=O)Nc2ccc(OCc3ccccc3)cc2)c1. The predicted octanol–water partition coefficient (Wildman–Crippen LogP) is 3.82. The molecular formula is C22H22N2O4S. The largest absolute Gasteiger partial charge is 0.489 e. The van der Waals surface area contributed by atoms with Gasteiger partial charge in [0.25, 0.3) is 15.9 Å². The van der Waals surface area contributed by atoms with Crippen LogP contribution in [0.15, 0.2) is 83.8 Å². The monoisotopic (exact) mass is 410 g/mol. The van der Waals surface area contributed by atoms with Crippen molar-refractivity contribution in [3.8, 4) is 5.75 Å². The molecule has 150 valence electrons. The Morgan fingerprint density at radius 2 is 1.66 bits per heavy atom. The second-order valence-corrected chi connectivity index (χ2v) is 7.97. The average Bonchev–Trinajstić information content (AvgIpc) is 2.74. The van der Waals surface area contributed by atoms with Gasteiger partial charge in [-0.25, -0.2) is 8.42 Å². The van der Waals surface area contributed by atoms with E-state index in [1.165, 1.54) is 12.1 Å². The Bertz CT molecular complexity index is 1070. The molecule has 6 nitrogen and oxygen atoms in total. The molecule has 0 atom stereocenters. The lowest BCUT2D eigenvalue weighted by atomic mass is 10.2. The normalized spacial score (nSPS) is 10.9. The van der Waals surface area contributed by atoms with Crippen LogP contribution >= 0.6 is 0 Å². The summed E-state index contributed by atoms with van der Waals surface area (Å²) in [5, 5.41) is 2.65. The summed E-state index contributed by atoms with van der Waals surface area (Å²) in [6.07, 6.45) is 0. The third-order valence-corrected chi connectivity index (χ3v) is 5.48. The van der Waals surface area contributed by atoms with Gasteiger partial charge in [-0.15, -0.1) is 0 Å². The van der Waals surface area contributed by atoms with Crippen LogP contribution in [0.2, 0.25) is 0 Å². The molecule has 0 aliphatic carbocycles. The van der Waals surface area contributed by atoms with E-state index in [2.05, 4.69) is 10.0 Å². The molecule has 0 fully saturated rings. The van der Waals surface area contributed by atoms with Crippen LogP contribution in [0.25, 0.3) is 0 Å². The van der Waals surface area contributed by atoms with Crippen molar-refractivity contribution >= 4 is 21.6 Å². The average molecular weight is 410 g/mol. The molecular weight excluding hydrogens is 388 g/mol. The lowest BCUT2D eigenvalue weighted by Crippen LogP contribution is -2.23. The third kappa shape index (κ3) is 5.58. The summed E-state index contributed by atoms with van der Waals surface area (Å²) in [6, 6.07) is 22.3. The van der Waals surface area contributed by atoms with Crippen LogP contribution in [0.1, 0.15) is 22.8 Å². The summed E-state index contributed by atoms with van der Waals surface area (Å²) >= 11 is 0. The molecule has 0 bridgehead atoms. The van der Waals surface area contributed by atoms with Crippen molar-refractivity contribution in [2.24, 2.45) is 0 Å². The van der Waals surface area contributed by atoms with Crippen molar-refractivity contribution in [2.45, 2.75) is 18.4 Å². The molecule has 29 heavy (non-hydrogen) atoms. The van der Waals surface area contributed by atoms with E-state index in [1.54, 1.807) is 43.3 Å². The number of nitrogens with one attached hydrogen (secondary N) is 2. The minimum Gasteiger partial charge on any atom is -0.489 e. The summed E-state index contributed by atoms with van der Waals surface area (Å²) in [6.45, 7) is 2.69. The maximum Gasteiger partial charge on any atom is 0.261 e. The zero-order valence-corrected chi connectivity index (χ0v) is 16.8. The molecule has 0 saturated carbocycles. The highest BCUT2D eigenvalue weighted by molar-refractivity contribution is 7.92. The minimum absolute atomic E-state index is 0.0191. The molecule has 3 aromatic carbocycles. The van der Waals surface area contributed by atoms with Crippen LogP contribution in [-0.4, -0.2) is 20.9 Å². The van der Waals surface area contributed by atoms with E-state index in [0.29, 0.717) is 30.2 Å². The first-order chi connectivity index (χ1) is 14.0. The Kier molecular flexibility index (Phi) is 6.51. The number of benzene rings is 3. The molecule has 0 spiro atoms. The number of carbonyl (C=O) groups excluding carboxylic acids is 1. The smallest absolute Gasteiger partial charge is 0.261 e. The molecule has 3 aromatic rings. The van der Waals surface area contributed by atoms with Gasteiger partial charge in [-0.1, -0.05) is 36.4 Å². The standard InChI is InChI=1S/C22H22N2O4S/c1-2-23-22(25)18-9-6-10-21(15-18)29(26,27)24-19-11-13-20(14-12-19)28-16-17-7-4-3-5-8-17/h3-15,24H,2,16H2,1H3,(H,23,25). The van der Waals surface area contributed by atoms with E-state index in [0.717, 1.165) is 5.56 Å². The maximum absolute atomic E-state index is 12.7. The van der Waals surface area contributed by atoms with Gasteiger partial charge in [-0.3, -0.25) is 9.52 Å². The van der Waals surface area contributed by atoms with E-state index in [9.17, 15) is 13.2 Å². The zero-order valence-electron chi connectivity index (χ0n) is 16.0. The highest BCUT2D eigenvalue weighted by Gasteiger charge is 2.16. The van der Waals surface area contributed by atoms with Gasteiger partial charge >= 0.3 is 0 Å². The predicted molar refractivity (Wildman–Crippen MR) is 112 cm³/mol. The number of carbonyl (C=O) groups is 1. The summed E-state index contributed by atoms with van der Waals surface area (Å²) in [7, 11) is -3.82. The number of hydrogen-bond acceptors (Lipinski definition) is 4. The molecule has 7 heteroatoms. The van der Waals surface area contributed by atoms with E-state index in [4.69, 9.17) is 4.74 Å². The first kappa shape index (κ1) is 20.4. The van der Waals surface area contributed by atoms with E-state index >= 15 is 0 Å².